The van der Waals surface area contributed by atoms with Crippen LogP contribution in [0.4, 0.5) is 0 Å². The number of hydrogen-bond acceptors (Lipinski definition) is 2. The van der Waals surface area contributed by atoms with E-state index in [0.717, 1.165) is 0 Å². The molecular formula is C37H74N2. The summed E-state index contributed by atoms with van der Waals surface area (Å²) < 4.78 is 0. The summed E-state index contributed by atoms with van der Waals surface area (Å²) in [4.78, 5) is 5.42. The van der Waals surface area contributed by atoms with Gasteiger partial charge in [-0.25, -0.2) is 0 Å². The summed E-state index contributed by atoms with van der Waals surface area (Å²) in [6.45, 7) is 9.48. The minimum absolute atomic E-state index is 0.641. The SMILES string of the molecule is CCCCCCCCCCCCC1N(CCCCCCCCCC)C=CN1CCCCCCCCCCCC. The highest BCUT2D eigenvalue weighted by molar-refractivity contribution is 4.97. The van der Waals surface area contributed by atoms with Crippen LogP contribution in [0.1, 0.15) is 207 Å². The smallest absolute Gasteiger partial charge is 0.101 e. The van der Waals surface area contributed by atoms with E-state index in [2.05, 4.69) is 43.0 Å². The van der Waals surface area contributed by atoms with Crippen molar-refractivity contribution in [3.8, 4) is 0 Å². The van der Waals surface area contributed by atoms with E-state index in [0.29, 0.717) is 6.17 Å². The van der Waals surface area contributed by atoms with Crippen LogP contribution in [0, 0.1) is 0 Å². The zero-order chi connectivity index (χ0) is 28.1. The summed E-state index contributed by atoms with van der Waals surface area (Å²) in [5, 5.41) is 0. The first-order valence-electron chi connectivity index (χ1n) is 18.5. The number of rotatable bonds is 31. The third-order valence-corrected chi connectivity index (χ3v) is 9.07. The van der Waals surface area contributed by atoms with Crippen LogP contribution < -0.4 is 0 Å². The summed E-state index contributed by atoms with van der Waals surface area (Å²) in [6.07, 6.45) is 46.9. The average Bonchev–Trinajstić information content (AvgIpc) is 3.33. The van der Waals surface area contributed by atoms with E-state index in [4.69, 9.17) is 0 Å². The van der Waals surface area contributed by atoms with Crippen molar-refractivity contribution in [1.82, 2.24) is 9.80 Å². The van der Waals surface area contributed by atoms with E-state index in [1.165, 1.54) is 199 Å². The van der Waals surface area contributed by atoms with Gasteiger partial charge < -0.3 is 9.80 Å². The molecule has 0 spiro atoms. The Morgan fingerprint density at radius 1 is 0.333 bits per heavy atom. The van der Waals surface area contributed by atoms with Crippen LogP contribution in [-0.4, -0.2) is 29.1 Å². The van der Waals surface area contributed by atoms with E-state index < -0.39 is 0 Å². The highest BCUT2D eigenvalue weighted by Crippen LogP contribution is 2.24. The lowest BCUT2D eigenvalue weighted by molar-refractivity contribution is 0.135. The van der Waals surface area contributed by atoms with E-state index in [1.54, 1.807) is 0 Å². The molecule has 2 nitrogen and oxygen atoms in total. The molecular weight excluding hydrogens is 472 g/mol. The molecule has 0 N–H and O–H groups in total. The van der Waals surface area contributed by atoms with Gasteiger partial charge in [-0.1, -0.05) is 181 Å². The van der Waals surface area contributed by atoms with Crippen LogP contribution in [-0.2, 0) is 0 Å². The summed E-state index contributed by atoms with van der Waals surface area (Å²) in [5.74, 6) is 0. The fraction of sp³-hybridized carbons (Fsp3) is 0.946. The Labute approximate surface area is 248 Å². The second kappa shape index (κ2) is 28.9. The van der Waals surface area contributed by atoms with Crippen LogP contribution in [0.3, 0.4) is 0 Å². The molecule has 1 aliphatic heterocycles. The molecule has 1 heterocycles. The number of unbranched alkanes of at least 4 members (excludes halogenated alkanes) is 25. The minimum atomic E-state index is 0.641. The first-order valence-corrected chi connectivity index (χ1v) is 18.5. The maximum atomic E-state index is 2.71. The van der Waals surface area contributed by atoms with Gasteiger partial charge in [0.1, 0.15) is 6.17 Å². The molecule has 232 valence electrons. The standard InChI is InChI=1S/C37H74N2/c1-4-7-10-13-16-19-21-23-26-29-32-37-38(33-30-27-24-18-15-12-9-6-3)35-36-39(37)34-31-28-25-22-20-17-14-11-8-5-2/h35-37H,4-34H2,1-3H3. The average molecular weight is 547 g/mol. The zero-order valence-corrected chi connectivity index (χ0v) is 27.5. The second-order valence-corrected chi connectivity index (χ2v) is 12.9. The van der Waals surface area contributed by atoms with Crippen LogP contribution in [0.25, 0.3) is 0 Å². The van der Waals surface area contributed by atoms with Gasteiger partial charge in [-0.2, -0.15) is 0 Å². The van der Waals surface area contributed by atoms with Crippen molar-refractivity contribution in [1.29, 1.82) is 0 Å². The Hall–Kier alpha value is -0.660. The highest BCUT2D eigenvalue weighted by Gasteiger charge is 2.24. The number of hydrogen-bond donors (Lipinski definition) is 0. The molecule has 1 atom stereocenters. The normalized spacial score (nSPS) is 15.2. The first kappa shape index (κ1) is 36.4. The van der Waals surface area contributed by atoms with E-state index in [9.17, 15) is 0 Å². The molecule has 0 fully saturated rings. The molecule has 2 heteroatoms. The van der Waals surface area contributed by atoms with Crippen LogP contribution >= 0.6 is 0 Å². The zero-order valence-electron chi connectivity index (χ0n) is 27.5. The lowest BCUT2D eigenvalue weighted by Crippen LogP contribution is -2.39. The Kier molecular flexibility index (Phi) is 26.9. The Bertz CT molecular complexity index is 502. The molecule has 1 unspecified atom stereocenters. The van der Waals surface area contributed by atoms with Gasteiger partial charge in [0.05, 0.1) is 0 Å². The fourth-order valence-electron chi connectivity index (χ4n) is 6.36. The molecule has 0 radical (unpaired) electrons. The lowest BCUT2D eigenvalue weighted by Gasteiger charge is -2.33. The lowest BCUT2D eigenvalue weighted by atomic mass is 10.0. The topological polar surface area (TPSA) is 6.48 Å². The largest absolute Gasteiger partial charge is 0.356 e. The molecule has 0 aliphatic carbocycles. The molecule has 0 saturated heterocycles. The second-order valence-electron chi connectivity index (χ2n) is 12.9. The summed E-state index contributed by atoms with van der Waals surface area (Å²) >= 11 is 0. The third kappa shape index (κ3) is 21.7. The summed E-state index contributed by atoms with van der Waals surface area (Å²) in [6, 6.07) is 0. The predicted molar refractivity (Wildman–Crippen MR) is 177 cm³/mol. The highest BCUT2D eigenvalue weighted by atomic mass is 15.4. The quantitative estimate of drug-likeness (QED) is 0.0798. The van der Waals surface area contributed by atoms with Gasteiger partial charge in [-0.3, -0.25) is 0 Å². The van der Waals surface area contributed by atoms with Crippen LogP contribution in [0.5, 0.6) is 0 Å². The first-order chi connectivity index (χ1) is 19.3. The van der Waals surface area contributed by atoms with Crippen LogP contribution in [0.15, 0.2) is 12.4 Å². The molecule has 0 amide bonds. The molecule has 0 aromatic carbocycles. The van der Waals surface area contributed by atoms with Gasteiger partial charge in [-0.15, -0.1) is 0 Å². The van der Waals surface area contributed by atoms with Crippen molar-refractivity contribution in [2.45, 2.75) is 213 Å². The maximum Gasteiger partial charge on any atom is 0.101 e. The van der Waals surface area contributed by atoms with Crippen molar-refractivity contribution in [2.75, 3.05) is 13.1 Å². The molecule has 1 rings (SSSR count). The molecule has 39 heavy (non-hydrogen) atoms. The third-order valence-electron chi connectivity index (χ3n) is 9.07. The van der Waals surface area contributed by atoms with Gasteiger partial charge in [0.15, 0.2) is 0 Å². The Balaban J connectivity index is 2.25. The van der Waals surface area contributed by atoms with Crippen molar-refractivity contribution in [3.05, 3.63) is 12.4 Å². The summed E-state index contributed by atoms with van der Waals surface area (Å²) in [7, 11) is 0. The molecule has 0 bridgehead atoms. The van der Waals surface area contributed by atoms with E-state index in [1.807, 2.05) is 0 Å². The van der Waals surface area contributed by atoms with Gasteiger partial charge in [0.2, 0.25) is 0 Å². The van der Waals surface area contributed by atoms with Gasteiger partial charge in [-0.05, 0) is 25.7 Å². The predicted octanol–water partition coefficient (Wildman–Crippen LogP) is 12.8. The van der Waals surface area contributed by atoms with Crippen molar-refractivity contribution < 1.29 is 0 Å². The van der Waals surface area contributed by atoms with Gasteiger partial charge in [0, 0.05) is 25.5 Å². The van der Waals surface area contributed by atoms with Crippen molar-refractivity contribution >= 4 is 0 Å². The Morgan fingerprint density at radius 2 is 0.590 bits per heavy atom. The molecule has 0 aromatic rings. The molecule has 0 aromatic heterocycles. The molecule has 0 saturated carbocycles. The van der Waals surface area contributed by atoms with Crippen molar-refractivity contribution in [2.24, 2.45) is 0 Å². The monoisotopic (exact) mass is 547 g/mol. The van der Waals surface area contributed by atoms with Gasteiger partial charge >= 0.3 is 0 Å². The number of nitrogens with zero attached hydrogens (tertiary/aromatic N) is 2. The minimum Gasteiger partial charge on any atom is -0.356 e. The van der Waals surface area contributed by atoms with Crippen LogP contribution in [0.2, 0.25) is 0 Å². The van der Waals surface area contributed by atoms with E-state index >= 15 is 0 Å². The van der Waals surface area contributed by atoms with Gasteiger partial charge in [0.25, 0.3) is 0 Å². The maximum absolute atomic E-state index is 2.71. The summed E-state index contributed by atoms with van der Waals surface area (Å²) in [5.41, 5.74) is 0. The van der Waals surface area contributed by atoms with Crippen molar-refractivity contribution in [3.63, 3.8) is 0 Å². The molecule has 1 aliphatic rings. The van der Waals surface area contributed by atoms with E-state index in [-0.39, 0.29) is 0 Å². The Morgan fingerprint density at radius 3 is 0.897 bits per heavy atom. The fourth-order valence-corrected chi connectivity index (χ4v) is 6.36.